The van der Waals surface area contributed by atoms with Gasteiger partial charge in [0.2, 0.25) is 5.95 Å². The van der Waals surface area contributed by atoms with Gasteiger partial charge in [-0.3, -0.25) is 14.9 Å². The number of ether oxygens (including phenoxy) is 3. The Morgan fingerprint density at radius 1 is 1.02 bits per heavy atom. The molecule has 2 aliphatic rings. The van der Waals surface area contributed by atoms with Crippen LogP contribution >= 0.6 is 34.8 Å². The van der Waals surface area contributed by atoms with Gasteiger partial charge in [-0.05, 0) is 81.5 Å². The summed E-state index contributed by atoms with van der Waals surface area (Å²) in [5, 5.41) is 2.42. The van der Waals surface area contributed by atoms with Crippen molar-refractivity contribution in [1.29, 1.82) is 0 Å². The topological polar surface area (TPSA) is 196 Å². The number of nitrogens with one attached hydrogen (secondary N) is 2. The molecular weight excluding hydrogens is 763 g/mol. The highest BCUT2D eigenvalue weighted by atomic mass is 35.5. The highest BCUT2D eigenvalue weighted by Crippen LogP contribution is 2.37. The Hall–Kier alpha value is -4.77. The van der Waals surface area contributed by atoms with Crippen LogP contribution in [0, 0.1) is 6.92 Å². The van der Waals surface area contributed by atoms with Crippen molar-refractivity contribution in [1.82, 2.24) is 19.7 Å². The third-order valence-corrected chi connectivity index (χ3v) is 9.35. The van der Waals surface area contributed by atoms with Crippen LogP contribution < -0.4 is 24.4 Å². The standard InChI is InChI=1S/C19H17Cl2NO4.C14H16ClN5O5S/c1-2-26-19(25)16(21)10-11-9-12(7-8-15(11)20)22-17(23)13-5-3-4-6-14(13)18(22)24;1-9-16-12(19-14(17-9)24-2)18-13(21)20-26(22,23)11-6-4-3-5-10(11)25-8-7-15/h7-10H,2-6H2,1H3;3-6H,7-8H2,1-2H3,(H2,16,17,18,19,20,21)/b16-10-;. The summed E-state index contributed by atoms with van der Waals surface area (Å²) in [5.41, 5.74) is 2.04. The Morgan fingerprint density at radius 3 is 2.33 bits per heavy atom. The molecule has 0 fully saturated rings. The summed E-state index contributed by atoms with van der Waals surface area (Å²) in [5.74, 6) is -0.837. The van der Waals surface area contributed by atoms with E-state index in [1.165, 1.54) is 36.3 Å². The van der Waals surface area contributed by atoms with Gasteiger partial charge in [-0.1, -0.05) is 35.3 Å². The Labute approximate surface area is 314 Å². The molecule has 15 nitrogen and oxygen atoms in total. The molecular formula is C33H33Cl3N6O9S. The third-order valence-electron chi connectivity index (χ3n) is 7.22. The summed E-state index contributed by atoms with van der Waals surface area (Å²) in [6.45, 7) is 3.55. The van der Waals surface area contributed by atoms with E-state index in [0.717, 1.165) is 12.8 Å². The van der Waals surface area contributed by atoms with E-state index in [2.05, 4.69) is 20.3 Å². The Balaban J connectivity index is 0.000000233. The highest BCUT2D eigenvalue weighted by molar-refractivity contribution is 7.90. The molecule has 4 amide bonds. The van der Waals surface area contributed by atoms with Crippen molar-refractivity contribution in [2.75, 3.05) is 36.4 Å². The molecule has 5 rings (SSSR count). The molecule has 19 heteroatoms. The maximum Gasteiger partial charge on any atom is 0.349 e. The molecule has 0 bridgehead atoms. The van der Waals surface area contributed by atoms with Crippen LogP contribution in [0.25, 0.3) is 6.08 Å². The van der Waals surface area contributed by atoms with Crippen molar-refractivity contribution in [3.63, 3.8) is 0 Å². The van der Waals surface area contributed by atoms with Gasteiger partial charge < -0.3 is 14.2 Å². The average molecular weight is 796 g/mol. The zero-order valence-electron chi connectivity index (χ0n) is 28.1. The first-order chi connectivity index (χ1) is 24.8. The number of carbonyl (C=O) groups is 4. The number of methoxy groups -OCH3 is 1. The van der Waals surface area contributed by atoms with Crippen molar-refractivity contribution >= 4 is 86.4 Å². The number of esters is 1. The smallest absolute Gasteiger partial charge is 0.349 e. The molecule has 276 valence electrons. The van der Waals surface area contributed by atoms with E-state index < -0.39 is 22.0 Å². The van der Waals surface area contributed by atoms with Gasteiger partial charge >= 0.3 is 18.0 Å². The number of hydrogen-bond acceptors (Lipinski definition) is 12. The third kappa shape index (κ3) is 9.97. The van der Waals surface area contributed by atoms with Crippen molar-refractivity contribution in [2.45, 2.75) is 44.4 Å². The van der Waals surface area contributed by atoms with Crippen molar-refractivity contribution in [3.05, 3.63) is 75.1 Å². The monoisotopic (exact) mass is 794 g/mol. The molecule has 0 radical (unpaired) electrons. The first-order valence-electron chi connectivity index (χ1n) is 15.6. The molecule has 1 aliphatic carbocycles. The van der Waals surface area contributed by atoms with Crippen LogP contribution in [-0.4, -0.2) is 73.4 Å². The second kappa shape index (κ2) is 18.1. The summed E-state index contributed by atoms with van der Waals surface area (Å²) < 4.78 is 41.7. The minimum atomic E-state index is -4.20. The second-order valence-electron chi connectivity index (χ2n) is 10.8. The predicted molar refractivity (Wildman–Crippen MR) is 193 cm³/mol. The largest absolute Gasteiger partial charge is 0.491 e. The van der Waals surface area contributed by atoms with Gasteiger partial charge in [-0.15, -0.1) is 11.6 Å². The molecule has 1 aromatic heterocycles. The van der Waals surface area contributed by atoms with Gasteiger partial charge in [0, 0.05) is 16.2 Å². The molecule has 0 atom stereocenters. The number of imide groups is 1. The summed E-state index contributed by atoms with van der Waals surface area (Å²) in [6.07, 6.45) is 4.45. The maximum absolute atomic E-state index is 12.7. The summed E-state index contributed by atoms with van der Waals surface area (Å²) in [7, 11) is -2.85. The first kappa shape index (κ1) is 40.0. The van der Waals surface area contributed by atoms with Gasteiger partial charge in [0.15, 0.2) is 0 Å². The lowest BCUT2D eigenvalue weighted by atomic mass is 9.93. The fourth-order valence-electron chi connectivity index (χ4n) is 5.00. The number of aromatic nitrogens is 3. The lowest BCUT2D eigenvalue weighted by molar-refractivity contribution is -0.137. The maximum atomic E-state index is 12.7. The number of alkyl halides is 1. The van der Waals surface area contributed by atoms with Crippen LogP contribution in [0.1, 0.15) is 44.0 Å². The molecule has 0 saturated heterocycles. The lowest BCUT2D eigenvalue weighted by Crippen LogP contribution is -2.35. The molecule has 3 aromatic rings. The summed E-state index contributed by atoms with van der Waals surface area (Å²) >= 11 is 17.7. The molecule has 1 aliphatic heterocycles. The zero-order chi connectivity index (χ0) is 38.0. The lowest BCUT2D eigenvalue weighted by Gasteiger charge is -2.16. The van der Waals surface area contributed by atoms with E-state index in [-0.39, 0.29) is 64.4 Å². The number of aryl methyl sites for hydroxylation is 1. The minimum Gasteiger partial charge on any atom is -0.491 e. The summed E-state index contributed by atoms with van der Waals surface area (Å²) in [6, 6.07) is 9.53. The van der Waals surface area contributed by atoms with Gasteiger partial charge in [0.05, 0.1) is 25.3 Å². The predicted octanol–water partition coefficient (Wildman–Crippen LogP) is 5.54. The quantitative estimate of drug-likeness (QED) is 0.107. The molecule has 0 unspecified atom stereocenters. The number of rotatable bonds is 11. The number of nitrogens with zero attached hydrogens (tertiary/aromatic N) is 4. The summed E-state index contributed by atoms with van der Waals surface area (Å²) in [4.78, 5) is 61.5. The van der Waals surface area contributed by atoms with Crippen LogP contribution in [0.3, 0.4) is 0 Å². The number of carbonyl (C=O) groups excluding carboxylic acids is 4. The molecule has 52 heavy (non-hydrogen) atoms. The molecule has 0 saturated carbocycles. The molecule has 0 spiro atoms. The fourth-order valence-corrected chi connectivity index (χ4v) is 6.47. The number of halogens is 3. The number of anilines is 2. The Morgan fingerprint density at radius 2 is 1.69 bits per heavy atom. The van der Waals surface area contributed by atoms with E-state index >= 15 is 0 Å². The average Bonchev–Trinajstić information content (AvgIpc) is 3.37. The van der Waals surface area contributed by atoms with Crippen LogP contribution in [0.15, 0.2) is 63.5 Å². The van der Waals surface area contributed by atoms with Crippen molar-refractivity contribution in [2.24, 2.45) is 0 Å². The van der Waals surface area contributed by atoms with E-state index in [0.29, 0.717) is 40.3 Å². The Kier molecular flexibility index (Phi) is 13.9. The number of hydrogen-bond donors (Lipinski definition) is 2. The number of para-hydroxylation sites is 1. The van der Waals surface area contributed by atoms with Gasteiger partial charge in [0.25, 0.3) is 21.8 Å². The highest BCUT2D eigenvalue weighted by Gasteiger charge is 2.39. The van der Waals surface area contributed by atoms with Crippen LogP contribution in [0.2, 0.25) is 5.02 Å². The van der Waals surface area contributed by atoms with Gasteiger partial charge in [-0.2, -0.15) is 15.0 Å². The van der Waals surface area contributed by atoms with Crippen molar-refractivity contribution < 1.29 is 41.8 Å². The molecule has 2 N–H and O–H groups in total. The molecule has 2 heterocycles. The first-order valence-corrected chi connectivity index (χ1v) is 18.4. The normalized spacial score (nSPS) is 14.3. The number of urea groups is 1. The van der Waals surface area contributed by atoms with E-state index in [1.54, 1.807) is 38.1 Å². The number of sulfonamides is 1. The van der Waals surface area contributed by atoms with E-state index in [9.17, 15) is 27.6 Å². The van der Waals surface area contributed by atoms with Gasteiger partial charge in [-0.25, -0.2) is 27.6 Å². The van der Waals surface area contributed by atoms with Gasteiger partial charge in [0.1, 0.15) is 28.1 Å². The van der Waals surface area contributed by atoms with Crippen LogP contribution in [0.4, 0.5) is 16.4 Å². The second-order valence-corrected chi connectivity index (χ2v) is 13.6. The SMILES string of the molecule is CCOC(=O)/C(Cl)=C/c1cc(N2C(=O)C3=C(CCCC3)C2=O)ccc1Cl.COc1nc(C)nc(NC(=O)NS(=O)(=O)c2ccccc2OCCCl)n1. The molecule has 2 aromatic carbocycles. The van der Waals surface area contributed by atoms with E-state index in [1.807, 2.05) is 4.72 Å². The van der Waals surface area contributed by atoms with Crippen LogP contribution in [-0.2, 0) is 29.1 Å². The zero-order valence-corrected chi connectivity index (χ0v) is 31.2. The number of benzene rings is 2. The van der Waals surface area contributed by atoms with Crippen molar-refractivity contribution in [3.8, 4) is 11.8 Å². The fraction of sp³-hybridized carbons (Fsp3) is 0.303. The van der Waals surface area contributed by atoms with Crippen LogP contribution in [0.5, 0.6) is 11.8 Å². The minimum absolute atomic E-state index is 0.0181. The van der Waals surface area contributed by atoms with E-state index in [4.69, 9.17) is 49.0 Å². The Bertz CT molecular complexity index is 2010. The number of amides is 4.